The van der Waals surface area contributed by atoms with Crippen LogP contribution in [0.3, 0.4) is 0 Å². The van der Waals surface area contributed by atoms with Gasteiger partial charge in [-0.15, -0.1) is 0 Å². The van der Waals surface area contributed by atoms with Crippen LogP contribution < -0.4 is 0 Å². The van der Waals surface area contributed by atoms with Crippen LogP contribution >= 0.6 is 0 Å². The van der Waals surface area contributed by atoms with Gasteiger partial charge in [-0.1, -0.05) is 30.3 Å². The second-order valence-electron chi connectivity index (χ2n) is 10.3. The molecule has 0 N–H and O–H groups in total. The lowest BCUT2D eigenvalue weighted by atomic mass is 9.47. The van der Waals surface area contributed by atoms with Crippen LogP contribution in [-0.4, -0.2) is 46.7 Å². The monoisotopic (exact) mass is 426 g/mol. The number of amides is 2. The first-order valence-corrected chi connectivity index (χ1v) is 11.2. The van der Waals surface area contributed by atoms with Crippen LogP contribution in [-0.2, 0) is 25.7 Å². The summed E-state index contributed by atoms with van der Waals surface area (Å²) in [6.07, 6.45) is 3.85. The highest BCUT2D eigenvalue weighted by Gasteiger charge is 2.66. The second kappa shape index (κ2) is 6.97. The number of hydrazine groups is 1. The van der Waals surface area contributed by atoms with Crippen molar-refractivity contribution in [3.05, 3.63) is 35.9 Å². The van der Waals surface area contributed by atoms with E-state index in [0.717, 1.165) is 37.7 Å². The standard InChI is InChI=1S/C24H30N2O5/c1-23(2)20(27)25(26(23)22(29)31-14-15-7-5-4-6-8-15)19-17-9-16-10-18(19)13-24(11-16,12-17)21(28)30-3/h4-8,16-19H,9-14H2,1-3H3. The smallest absolute Gasteiger partial charge is 0.430 e. The molecule has 1 heterocycles. The maximum Gasteiger partial charge on any atom is 0.430 e. The molecule has 0 radical (unpaired) electrons. The molecule has 4 bridgehead atoms. The maximum atomic E-state index is 13.2. The van der Waals surface area contributed by atoms with Crippen molar-refractivity contribution in [2.24, 2.45) is 23.2 Å². The number of hydrogen-bond acceptors (Lipinski definition) is 5. The molecular formula is C24H30N2O5. The summed E-state index contributed by atoms with van der Waals surface area (Å²) < 4.78 is 10.7. The summed E-state index contributed by atoms with van der Waals surface area (Å²) in [5, 5.41) is 3.17. The van der Waals surface area contributed by atoms with E-state index in [-0.39, 0.29) is 36.4 Å². The number of hydrogen-bond donors (Lipinski definition) is 0. The molecule has 4 saturated carbocycles. The summed E-state index contributed by atoms with van der Waals surface area (Å²) >= 11 is 0. The first kappa shape index (κ1) is 20.3. The normalized spacial score (nSPS) is 35.0. The van der Waals surface area contributed by atoms with Gasteiger partial charge in [0.1, 0.15) is 12.1 Å². The minimum absolute atomic E-state index is 0.0475. The molecule has 31 heavy (non-hydrogen) atoms. The van der Waals surface area contributed by atoms with Crippen LogP contribution in [0.25, 0.3) is 0 Å². The highest BCUT2D eigenvalue weighted by molar-refractivity contribution is 5.96. The lowest BCUT2D eigenvalue weighted by molar-refractivity contribution is -0.242. The zero-order chi connectivity index (χ0) is 22.0. The average molecular weight is 427 g/mol. The van der Waals surface area contributed by atoms with Crippen molar-refractivity contribution in [3.8, 4) is 0 Å². The number of methoxy groups -OCH3 is 1. The number of esters is 1. The van der Waals surface area contributed by atoms with Crippen molar-refractivity contribution in [3.63, 3.8) is 0 Å². The lowest BCUT2D eigenvalue weighted by Crippen LogP contribution is -2.81. The fourth-order valence-electron chi connectivity index (χ4n) is 6.92. The molecule has 2 unspecified atom stereocenters. The fraction of sp³-hybridized carbons (Fsp3) is 0.625. The molecule has 2 amide bonds. The van der Waals surface area contributed by atoms with Gasteiger partial charge in [0.25, 0.3) is 5.91 Å². The number of rotatable bonds is 4. The summed E-state index contributed by atoms with van der Waals surface area (Å²) in [4.78, 5) is 38.8. The molecule has 0 spiro atoms. The van der Waals surface area contributed by atoms with Gasteiger partial charge in [0, 0.05) is 0 Å². The summed E-state index contributed by atoms with van der Waals surface area (Å²) in [6, 6.07) is 9.47. The largest absolute Gasteiger partial charge is 0.469 e. The van der Waals surface area contributed by atoms with E-state index in [1.54, 1.807) is 18.9 Å². The van der Waals surface area contributed by atoms with E-state index in [4.69, 9.17) is 9.47 Å². The Hall–Kier alpha value is -2.57. The molecule has 1 aromatic carbocycles. The first-order chi connectivity index (χ1) is 14.8. The predicted octanol–water partition coefficient (Wildman–Crippen LogP) is 3.53. The Morgan fingerprint density at radius 3 is 2.32 bits per heavy atom. The van der Waals surface area contributed by atoms with Gasteiger partial charge >= 0.3 is 12.1 Å². The van der Waals surface area contributed by atoms with Gasteiger partial charge in [0.2, 0.25) is 0 Å². The van der Waals surface area contributed by atoms with Crippen molar-refractivity contribution < 1.29 is 23.9 Å². The molecule has 0 aromatic heterocycles. The van der Waals surface area contributed by atoms with Gasteiger partial charge in [-0.2, -0.15) is 0 Å². The van der Waals surface area contributed by atoms with E-state index in [1.165, 1.54) is 12.1 Å². The quantitative estimate of drug-likeness (QED) is 0.689. The third-order valence-electron chi connectivity index (χ3n) is 7.98. The summed E-state index contributed by atoms with van der Waals surface area (Å²) in [7, 11) is 1.46. The third-order valence-corrected chi connectivity index (χ3v) is 7.98. The molecule has 1 saturated heterocycles. The summed E-state index contributed by atoms with van der Waals surface area (Å²) in [5.74, 6) is 0.744. The van der Waals surface area contributed by atoms with Crippen molar-refractivity contribution in [2.75, 3.05) is 7.11 Å². The van der Waals surface area contributed by atoms with Gasteiger partial charge in [0.15, 0.2) is 0 Å². The third kappa shape index (κ3) is 2.96. The zero-order valence-electron chi connectivity index (χ0n) is 18.4. The number of carbonyl (C=O) groups excluding carboxylic acids is 3. The molecule has 7 heteroatoms. The molecule has 5 fully saturated rings. The van der Waals surface area contributed by atoms with Gasteiger partial charge in [-0.3, -0.25) is 9.59 Å². The molecule has 2 atom stereocenters. The van der Waals surface area contributed by atoms with E-state index in [9.17, 15) is 14.4 Å². The Kier molecular flexibility index (Phi) is 4.57. The van der Waals surface area contributed by atoms with Crippen molar-refractivity contribution in [2.45, 2.75) is 64.1 Å². The van der Waals surface area contributed by atoms with E-state index in [0.29, 0.717) is 5.92 Å². The fourth-order valence-corrected chi connectivity index (χ4v) is 6.92. The minimum atomic E-state index is -0.928. The Labute approximate surface area is 182 Å². The number of ether oxygens (including phenoxy) is 2. The van der Waals surface area contributed by atoms with Crippen molar-refractivity contribution in [1.29, 1.82) is 0 Å². The SMILES string of the molecule is COC(=O)C12CC3CC(C1)C(N1C(=O)C(C)(C)N1C(=O)OCc1ccccc1)C(C3)C2. The summed E-state index contributed by atoms with van der Waals surface area (Å²) in [5.41, 5.74) is -0.437. The topological polar surface area (TPSA) is 76.2 Å². The van der Waals surface area contributed by atoms with Gasteiger partial charge in [-0.05, 0) is 69.3 Å². The molecule has 6 rings (SSSR count). The van der Waals surface area contributed by atoms with Crippen LogP contribution in [0, 0.1) is 23.2 Å². The average Bonchev–Trinajstić information content (AvgIpc) is 2.75. The Morgan fingerprint density at radius 2 is 1.71 bits per heavy atom. The number of carbonyl (C=O) groups is 3. The molecule has 5 aliphatic rings. The highest BCUT2D eigenvalue weighted by atomic mass is 16.6. The van der Waals surface area contributed by atoms with Gasteiger partial charge < -0.3 is 9.47 Å². The predicted molar refractivity (Wildman–Crippen MR) is 111 cm³/mol. The van der Waals surface area contributed by atoms with Crippen molar-refractivity contribution >= 4 is 18.0 Å². The van der Waals surface area contributed by atoms with E-state index < -0.39 is 17.0 Å². The van der Waals surface area contributed by atoms with E-state index in [2.05, 4.69) is 0 Å². The summed E-state index contributed by atoms with van der Waals surface area (Å²) in [6.45, 7) is 3.70. The van der Waals surface area contributed by atoms with Crippen LogP contribution in [0.1, 0.15) is 51.5 Å². The van der Waals surface area contributed by atoms with E-state index in [1.807, 2.05) is 30.3 Å². The van der Waals surface area contributed by atoms with Crippen LogP contribution in [0.15, 0.2) is 30.3 Å². The van der Waals surface area contributed by atoms with Crippen molar-refractivity contribution in [1.82, 2.24) is 10.0 Å². The van der Waals surface area contributed by atoms with Crippen LogP contribution in [0.2, 0.25) is 0 Å². The van der Waals surface area contributed by atoms with E-state index >= 15 is 0 Å². The second-order valence-corrected chi connectivity index (χ2v) is 10.3. The Bertz CT molecular complexity index is 898. The number of benzene rings is 1. The molecule has 166 valence electrons. The zero-order valence-corrected chi connectivity index (χ0v) is 18.4. The molecule has 7 nitrogen and oxygen atoms in total. The minimum Gasteiger partial charge on any atom is -0.469 e. The highest BCUT2D eigenvalue weighted by Crippen LogP contribution is 2.62. The molecule has 1 aromatic rings. The van der Waals surface area contributed by atoms with Gasteiger partial charge in [-0.25, -0.2) is 14.8 Å². The molecular weight excluding hydrogens is 396 g/mol. The van der Waals surface area contributed by atoms with Crippen LogP contribution in [0.5, 0.6) is 0 Å². The lowest BCUT2D eigenvalue weighted by Gasteiger charge is -2.65. The van der Waals surface area contributed by atoms with Crippen LogP contribution in [0.4, 0.5) is 4.79 Å². The number of nitrogens with zero attached hydrogens (tertiary/aromatic N) is 2. The molecule has 4 aliphatic carbocycles. The van der Waals surface area contributed by atoms with Gasteiger partial charge in [0.05, 0.1) is 18.6 Å². The Morgan fingerprint density at radius 1 is 1.06 bits per heavy atom. The Balaban J connectivity index is 1.36. The maximum absolute atomic E-state index is 13.2. The first-order valence-electron chi connectivity index (χ1n) is 11.2. The molecule has 1 aliphatic heterocycles.